The molecule has 2 aliphatic rings. The van der Waals surface area contributed by atoms with E-state index >= 15 is 0 Å². The van der Waals surface area contributed by atoms with E-state index in [1.807, 2.05) is 42.5 Å². The van der Waals surface area contributed by atoms with E-state index in [1.54, 1.807) is 45.9 Å². The minimum absolute atomic E-state index is 0.0618. The van der Waals surface area contributed by atoms with Crippen LogP contribution in [0.4, 0.5) is 4.79 Å². The molecular weight excluding hydrogens is 749 g/mol. The topological polar surface area (TPSA) is 228 Å². The lowest BCUT2D eigenvalue weighted by molar-refractivity contribution is -0.299. The van der Waals surface area contributed by atoms with Crippen LogP contribution >= 0.6 is 0 Å². The molecule has 2 saturated heterocycles. The summed E-state index contributed by atoms with van der Waals surface area (Å²) in [5.74, 6) is -3.15. The molecule has 2 aliphatic heterocycles. The van der Waals surface area contributed by atoms with Crippen LogP contribution in [-0.4, -0.2) is 156 Å². The highest BCUT2D eigenvalue weighted by atomic mass is 32.2. The molecule has 0 spiro atoms. The van der Waals surface area contributed by atoms with Gasteiger partial charge in [0, 0.05) is 37.6 Å². The predicted molar refractivity (Wildman–Crippen MR) is 209 cm³/mol. The van der Waals surface area contributed by atoms with Crippen LogP contribution in [0, 0.1) is 17.8 Å². The van der Waals surface area contributed by atoms with E-state index in [-0.39, 0.29) is 55.4 Å². The number of sulfonamides is 1. The molecule has 1 aromatic rings. The third-order valence-electron chi connectivity index (χ3n) is 11.5. The monoisotopic (exact) mass is 816 g/mol. The average Bonchev–Trinajstić information content (AvgIpc) is 3.12. The summed E-state index contributed by atoms with van der Waals surface area (Å²) < 4.78 is 45.5. The second kappa shape index (κ2) is 20.0. The maximum atomic E-state index is 13.6. The number of carbonyl (C=O) groups is 2. The lowest BCUT2D eigenvalue weighted by atomic mass is 9.78. The lowest BCUT2D eigenvalue weighted by Gasteiger charge is -2.46. The Morgan fingerprint density at radius 3 is 2.25 bits per heavy atom. The predicted octanol–water partition coefficient (Wildman–Crippen LogP) is 1.42. The number of hydrogen-bond donors (Lipinski definition) is 7. The van der Waals surface area contributed by atoms with Crippen LogP contribution in [0.3, 0.4) is 0 Å². The standard InChI is InChI=1S/C39H68N4O12S/c1-11-30-39(8,50)33(46)27(6)43(19-15-18-40-37(48)41-56(51,52)28-16-13-12-14-17-28)22-23(2)21-38(7,49)34(25(4)31(44)26(5)35(47)54-30)55-36-32(45)29(42(9)10)20-24(3)53-36/h12-14,16-17,23-27,29-34,36,44-46,49-50H,11,15,18-22H2,1-10H3,(H2,40,41,48)/t23-,24+,25-,26+,27-,29+,30-,31+,32+,33-,34-,36-,38-,39-/m1/s1. The van der Waals surface area contributed by atoms with Crippen LogP contribution in [0.15, 0.2) is 35.2 Å². The van der Waals surface area contributed by atoms with E-state index in [0.29, 0.717) is 12.8 Å². The highest BCUT2D eigenvalue weighted by Gasteiger charge is 2.50. The van der Waals surface area contributed by atoms with Crippen molar-refractivity contribution in [3.63, 3.8) is 0 Å². The van der Waals surface area contributed by atoms with Gasteiger partial charge in [-0.25, -0.2) is 17.9 Å². The molecule has 0 aromatic heterocycles. The lowest BCUT2D eigenvalue weighted by Crippen LogP contribution is -2.59. The summed E-state index contributed by atoms with van der Waals surface area (Å²) in [6.45, 7) is 13.9. The fourth-order valence-electron chi connectivity index (χ4n) is 8.20. The summed E-state index contributed by atoms with van der Waals surface area (Å²) in [6, 6.07) is 5.53. The van der Waals surface area contributed by atoms with Crippen molar-refractivity contribution in [3.05, 3.63) is 30.3 Å². The molecule has 0 unspecified atom stereocenters. The number of nitrogens with one attached hydrogen (secondary N) is 2. The summed E-state index contributed by atoms with van der Waals surface area (Å²) >= 11 is 0. The van der Waals surface area contributed by atoms with Crippen LogP contribution in [0.5, 0.6) is 0 Å². The Kier molecular flexibility index (Phi) is 17.1. The summed E-state index contributed by atoms with van der Waals surface area (Å²) in [6.07, 6.45) is -6.58. The number of likely N-dealkylation sites (N-methyl/N-ethyl adjacent to an activating group) is 1. The SMILES string of the molecule is CC[C@H]1OC(=O)[C@@H](C)[C@@H](O)[C@@H](C)[C@@H](O[C@H]2O[C@@H](C)C[C@H](N(C)C)[C@@H]2O)[C@](C)(O)C[C@@H](C)CN(CCCNC(=O)NS(=O)(=O)c2ccccc2)[C@H](C)[C@@H](O)[C@]1(C)O. The van der Waals surface area contributed by atoms with E-state index in [9.17, 15) is 43.5 Å². The molecule has 3 rings (SSSR count). The molecule has 17 heteroatoms. The Morgan fingerprint density at radius 1 is 1.04 bits per heavy atom. The molecule has 0 bridgehead atoms. The second-order valence-corrected chi connectivity index (χ2v) is 18.4. The third kappa shape index (κ3) is 12.1. The van der Waals surface area contributed by atoms with Gasteiger partial charge in [-0.1, -0.05) is 39.0 Å². The third-order valence-corrected chi connectivity index (χ3v) is 12.8. The summed E-state index contributed by atoms with van der Waals surface area (Å²) in [4.78, 5) is 29.9. The van der Waals surface area contributed by atoms with Gasteiger partial charge >= 0.3 is 12.0 Å². The summed E-state index contributed by atoms with van der Waals surface area (Å²) in [7, 11) is -0.400. The zero-order valence-corrected chi connectivity index (χ0v) is 35.5. The van der Waals surface area contributed by atoms with Gasteiger partial charge in [0.25, 0.3) is 10.0 Å². The smallest absolute Gasteiger partial charge is 0.328 e. The minimum Gasteiger partial charge on any atom is -0.459 e. The number of aliphatic hydroxyl groups is 5. The van der Waals surface area contributed by atoms with Crippen LogP contribution in [-0.2, 0) is 29.0 Å². The highest BCUT2D eigenvalue weighted by Crippen LogP contribution is 2.36. The number of nitrogens with zero attached hydrogens (tertiary/aromatic N) is 2. The van der Waals surface area contributed by atoms with E-state index in [0.717, 1.165) is 0 Å². The first kappa shape index (κ1) is 47.9. The fraction of sp³-hybridized carbons (Fsp3) is 0.795. The Hall–Kier alpha value is -2.45. The van der Waals surface area contributed by atoms with Gasteiger partial charge in [-0.3, -0.25) is 9.69 Å². The molecule has 2 fully saturated rings. The second-order valence-electron chi connectivity index (χ2n) is 16.7. The maximum absolute atomic E-state index is 13.6. The van der Waals surface area contributed by atoms with Crippen molar-refractivity contribution in [2.24, 2.45) is 17.8 Å². The van der Waals surface area contributed by atoms with Crippen molar-refractivity contribution in [3.8, 4) is 0 Å². The van der Waals surface area contributed by atoms with Gasteiger partial charge in [-0.15, -0.1) is 0 Å². The number of amides is 2. The van der Waals surface area contributed by atoms with Gasteiger partial charge in [-0.2, -0.15) is 0 Å². The zero-order valence-electron chi connectivity index (χ0n) is 34.7. The molecule has 0 saturated carbocycles. The number of benzene rings is 1. The number of ether oxygens (including phenoxy) is 3. The number of aliphatic hydroxyl groups excluding tert-OH is 3. The summed E-state index contributed by atoms with van der Waals surface area (Å²) in [5, 5.41) is 61.3. The molecule has 2 amide bonds. The normalized spacial score (nSPS) is 38.6. The molecule has 322 valence electrons. The Morgan fingerprint density at radius 2 is 1.66 bits per heavy atom. The Labute approximate surface area is 332 Å². The van der Waals surface area contributed by atoms with Crippen molar-refractivity contribution < 1.29 is 57.8 Å². The Bertz CT molecular complexity index is 1520. The maximum Gasteiger partial charge on any atom is 0.328 e. The number of carbonyl (C=O) groups excluding carboxylic acids is 2. The van der Waals surface area contributed by atoms with Crippen molar-refractivity contribution in [1.82, 2.24) is 19.8 Å². The Balaban J connectivity index is 1.92. The first-order chi connectivity index (χ1) is 25.9. The first-order valence-corrected chi connectivity index (χ1v) is 21.2. The van der Waals surface area contributed by atoms with E-state index in [1.165, 1.54) is 26.0 Å². The fourth-order valence-corrected chi connectivity index (χ4v) is 9.15. The van der Waals surface area contributed by atoms with E-state index in [4.69, 9.17) is 14.2 Å². The molecule has 56 heavy (non-hydrogen) atoms. The molecule has 2 heterocycles. The largest absolute Gasteiger partial charge is 0.459 e. The number of urea groups is 1. The van der Waals surface area contributed by atoms with Crippen molar-refractivity contribution in [2.75, 3.05) is 33.7 Å². The molecule has 0 aliphatic carbocycles. The van der Waals surface area contributed by atoms with Crippen LogP contribution in [0.25, 0.3) is 0 Å². The molecule has 0 radical (unpaired) electrons. The van der Waals surface area contributed by atoms with Gasteiger partial charge < -0.3 is 50.0 Å². The van der Waals surface area contributed by atoms with Gasteiger partial charge in [-0.05, 0) is 92.4 Å². The number of rotatable bonds is 10. The van der Waals surface area contributed by atoms with Gasteiger partial charge in [0.1, 0.15) is 23.9 Å². The van der Waals surface area contributed by atoms with Gasteiger partial charge in [0.2, 0.25) is 0 Å². The van der Waals surface area contributed by atoms with Crippen molar-refractivity contribution >= 4 is 22.0 Å². The van der Waals surface area contributed by atoms with Crippen LogP contribution < -0.4 is 10.0 Å². The van der Waals surface area contributed by atoms with Crippen LogP contribution in [0.1, 0.15) is 81.1 Å². The average molecular weight is 817 g/mol. The first-order valence-electron chi connectivity index (χ1n) is 19.7. The number of cyclic esters (lactones) is 1. The number of esters is 1. The highest BCUT2D eigenvalue weighted by molar-refractivity contribution is 7.90. The zero-order chi connectivity index (χ0) is 42.3. The molecule has 14 atom stereocenters. The molecule has 7 N–H and O–H groups in total. The van der Waals surface area contributed by atoms with Crippen molar-refractivity contribution in [2.45, 2.75) is 152 Å². The molecule has 1 aromatic carbocycles. The number of hydrogen-bond acceptors (Lipinski definition) is 14. The van der Waals surface area contributed by atoms with Gasteiger partial charge in [0.05, 0.1) is 34.7 Å². The minimum atomic E-state index is -4.09. The van der Waals surface area contributed by atoms with Crippen molar-refractivity contribution in [1.29, 1.82) is 0 Å². The van der Waals surface area contributed by atoms with E-state index in [2.05, 4.69) is 5.32 Å². The quantitative estimate of drug-likeness (QED) is 0.131. The van der Waals surface area contributed by atoms with E-state index < -0.39 is 87.9 Å². The molecule has 16 nitrogen and oxygen atoms in total. The van der Waals surface area contributed by atoms with Gasteiger partial charge in [0.15, 0.2) is 6.29 Å². The molecular formula is C39H68N4O12S. The van der Waals surface area contributed by atoms with Crippen LogP contribution in [0.2, 0.25) is 0 Å². The summed E-state index contributed by atoms with van der Waals surface area (Å²) in [5.41, 5.74) is -3.59.